The number of aliphatic hydroxyl groups excluding tert-OH is 1. The molecule has 0 aliphatic heterocycles. The fourth-order valence-corrected chi connectivity index (χ4v) is 4.02. The monoisotopic (exact) mass is 478 g/mol. The summed E-state index contributed by atoms with van der Waals surface area (Å²) in [6, 6.07) is 15.4. The Kier molecular flexibility index (Phi) is 9.43. The third kappa shape index (κ3) is 7.68. The average molecular weight is 479 g/mol. The summed E-state index contributed by atoms with van der Waals surface area (Å²) < 4.78 is 6.17. The van der Waals surface area contributed by atoms with E-state index in [-0.39, 0.29) is 25.0 Å². The van der Waals surface area contributed by atoms with E-state index in [1.54, 1.807) is 6.07 Å². The molecule has 0 aliphatic rings. The Bertz CT molecular complexity index is 1120. The highest BCUT2D eigenvalue weighted by molar-refractivity contribution is 5.70. The third-order valence-electron chi connectivity index (χ3n) is 5.78. The smallest absolute Gasteiger partial charge is 0.307 e. The minimum Gasteiger partial charge on any atom is -0.489 e. The maximum absolute atomic E-state index is 11.3. The number of rotatable bonds is 13. The summed E-state index contributed by atoms with van der Waals surface area (Å²) in [5.41, 5.74) is 10.2. The zero-order valence-corrected chi connectivity index (χ0v) is 20.3. The van der Waals surface area contributed by atoms with Gasteiger partial charge in [0.25, 0.3) is 0 Å². The van der Waals surface area contributed by atoms with Crippen molar-refractivity contribution in [3.63, 3.8) is 0 Å². The molecule has 0 saturated heterocycles. The van der Waals surface area contributed by atoms with Gasteiger partial charge in [0, 0.05) is 30.3 Å². The summed E-state index contributed by atoms with van der Waals surface area (Å²) in [6.07, 6.45) is 2.85. The van der Waals surface area contributed by atoms with Gasteiger partial charge in [-0.3, -0.25) is 4.79 Å². The summed E-state index contributed by atoms with van der Waals surface area (Å²) in [5.74, 6) is 0.554. The lowest BCUT2D eigenvalue weighted by molar-refractivity contribution is -0.136. The van der Waals surface area contributed by atoms with Crippen LogP contribution < -0.4 is 15.8 Å². The van der Waals surface area contributed by atoms with Crippen molar-refractivity contribution in [2.45, 2.75) is 58.6 Å². The summed E-state index contributed by atoms with van der Waals surface area (Å²) >= 11 is 0. The van der Waals surface area contributed by atoms with E-state index in [1.165, 1.54) is 0 Å². The van der Waals surface area contributed by atoms with Crippen LogP contribution in [0.5, 0.6) is 5.75 Å². The first-order chi connectivity index (χ1) is 16.9. The highest BCUT2D eigenvalue weighted by Crippen LogP contribution is 2.29. The molecule has 0 radical (unpaired) electrons. The van der Waals surface area contributed by atoms with Crippen molar-refractivity contribution in [1.82, 2.24) is 9.97 Å². The molecule has 0 saturated carbocycles. The number of nitrogens with one attached hydrogen (secondary N) is 1. The second-order valence-corrected chi connectivity index (χ2v) is 8.60. The number of benzene rings is 2. The molecule has 186 valence electrons. The van der Waals surface area contributed by atoms with Gasteiger partial charge in [0.1, 0.15) is 18.2 Å². The standard InChI is InChI=1S/C27H34N4O4/c1-3-7-22(12-13-32)30-26-23(18(2)29-27(28)31-26)16-21-11-10-20(15-25(33)34)14-24(21)35-17-19-8-5-4-6-9-19/h4-6,8-11,14,22,32H,3,7,12-13,15-17H2,1-2H3,(H,33,34)(H3,28,29,30,31). The number of anilines is 2. The van der Waals surface area contributed by atoms with Gasteiger partial charge in [0.15, 0.2) is 0 Å². The molecule has 1 unspecified atom stereocenters. The van der Waals surface area contributed by atoms with Crippen LogP contribution in [-0.4, -0.2) is 38.8 Å². The fraction of sp³-hybridized carbons (Fsp3) is 0.370. The highest BCUT2D eigenvalue weighted by Gasteiger charge is 2.18. The predicted molar refractivity (Wildman–Crippen MR) is 137 cm³/mol. The van der Waals surface area contributed by atoms with Crippen molar-refractivity contribution in [3.05, 3.63) is 76.5 Å². The van der Waals surface area contributed by atoms with Crippen LogP contribution in [-0.2, 0) is 24.2 Å². The molecule has 0 amide bonds. The van der Waals surface area contributed by atoms with Crippen molar-refractivity contribution in [1.29, 1.82) is 0 Å². The number of carbonyl (C=O) groups is 1. The Balaban J connectivity index is 1.94. The number of aliphatic hydroxyl groups is 1. The van der Waals surface area contributed by atoms with Crippen LogP contribution in [0.1, 0.15) is 54.1 Å². The Hall–Kier alpha value is -3.65. The maximum atomic E-state index is 11.3. The van der Waals surface area contributed by atoms with Crippen molar-refractivity contribution in [2.24, 2.45) is 0 Å². The van der Waals surface area contributed by atoms with Crippen molar-refractivity contribution in [2.75, 3.05) is 17.7 Å². The Morgan fingerprint density at radius 3 is 2.57 bits per heavy atom. The normalized spacial score (nSPS) is 11.7. The molecule has 0 aliphatic carbocycles. The first kappa shape index (κ1) is 26.0. The lowest BCUT2D eigenvalue weighted by Gasteiger charge is -2.21. The molecule has 5 N–H and O–H groups in total. The number of ether oxygens (including phenoxy) is 1. The molecule has 3 aromatic rings. The van der Waals surface area contributed by atoms with E-state index in [4.69, 9.17) is 10.5 Å². The van der Waals surface area contributed by atoms with Crippen LogP contribution in [0.15, 0.2) is 48.5 Å². The molecule has 0 bridgehead atoms. The van der Waals surface area contributed by atoms with E-state index in [0.29, 0.717) is 36.6 Å². The van der Waals surface area contributed by atoms with Gasteiger partial charge in [0.05, 0.1) is 6.42 Å². The molecule has 2 aromatic carbocycles. The van der Waals surface area contributed by atoms with Crippen LogP contribution >= 0.6 is 0 Å². The van der Waals surface area contributed by atoms with E-state index in [2.05, 4.69) is 22.2 Å². The van der Waals surface area contributed by atoms with Gasteiger partial charge in [-0.1, -0.05) is 55.8 Å². The highest BCUT2D eigenvalue weighted by atomic mass is 16.5. The molecule has 8 heteroatoms. The molecule has 3 rings (SSSR count). The third-order valence-corrected chi connectivity index (χ3v) is 5.78. The zero-order chi connectivity index (χ0) is 25.2. The molecule has 35 heavy (non-hydrogen) atoms. The van der Waals surface area contributed by atoms with Crippen molar-refractivity contribution < 1.29 is 19.7 Å². The van der Waals surface area contributed by atoms with E-state index < -0.39 is 5.97 Å². The number of aryl methyl sites for hydroxylation is 1. The largest absolute Gasteiger partial charge is 0.489 e. The molecular weight excluding hydrogens is 444 g/mol. The SMILES string of the molecule is CCCC(CCO)Nc1nc(N)nc(C)c1Cc1ccc(CC(=O)O)cc1OCc1ccccc1. The van der Waals surface area contributed by atoms with E-state index in [0.717, 1.165) is 35.2 Å². The van der Waals surface area contributed by atoms with E-state index in [9.17, 15) is 15.0 Å². The summed E-state index contributed by atoms with van der Waals surface area (Å²) in [5, 5.41) is 22.2. The predicted octanol–water partition coefficient (Wildman–Crippen LogP) is 4.13. The number of nitrogen functional groups attached to an aromatic ring is 1. The first-order valence-electron chi connectivity index (χ1n) is 11.9. The number of carboxylic acid groups (broad SMARTS) is 1. The van der Waals surface area contributed by atoms with Gasteiger partial charge in [-0.15, -0.1) is 0 Å². The topological polar surface area (TPSA) is 131 Å². The van der Waals surface area contributed by atoms with Crippen LogP contribution in [0.2, 0.25) is 0 Å². The number of carboxylic acids is 1. The van der Waals surface area contributed by atoms with Crippen molar-refractivity contribution >= 4 is 17.7 Å². The summed E-state index contributed by atoms with van der Waals surface area (Å²) in [4.78, 5) is 20.1. The average Bonchev–Trinajstić information content (AvgIpc) is 2.81. The number of nitrogens with zero attached hydrogens (tertiary/aromatic N) is 2. The number of aromatic nitrogens is 2. The summed E-state index contributed by atoms with van der Waals surface area (Å²) in [7, 11) is 0. The summed E-state index contributed by atoms with van der Waals surface area (Å²) in [6.45, 7) is 4.43. The van der Waals surface area contributed by atoms with E-state index >= 15 is 0 Å². The van der Waals surface area contributed by atoms with Gasteiger partial charge in [-0.25, -0.2) is 4.98 Å². The number of aliphatic carboxylic acids is 1. The van der Waals surface area contributed by atoms with Crippen LogP contribution in [0, 0.1) is 6.92 Å². The van der Waals surface area contributed by atoms with Gasteiger partial charge in [-0.05, 0) is 42.5 Å². The van der Waals surface area contributed by atoms with Crippen molar-refractivity contribution in [3.8, 4) is 5.75 Å². The molecular formula is C27H34N4O4. The van der Waals surface area contributed by atoms with Gasteiger partial charge < -0.3 is 26.0 Å². The van der Waals surface area contributed by atoms with Crippen LogP contribution in [0.4, 0.5) is 11.8 Å². The van der Waals surface area contributed by atoms with Gasteiger partial charge in [-0.2, -0.15) is 4.98 Å². The number of hydrogen-bond donors (Lipinski definition) is 4. The Morgan fingerprint density at radius 1 is 1.11 bits per heavy atom. The fourth-order valence-electron chi connectivity index (χ4n) is 4.02. The molecule has 0 fully saturated rings. The second-order valence-electron chi connectivity index (χ2n) is 8.60. The quantitative estimate of drug-likeness (QED) is 0.288. The van der Waals surface area contributed by atoms with Gasteiger partial charge in [0.2, 0.25) is 5.95 Å². The number of hydrogen-bond acceptors (Lipinski definition) is 7. The lowest BCUT2D eigenvalue weighted by Crippen LogP contribution is -2.23. The van der Waals surface area contributed by atoms with Crippen LogP contribution in [0.25, 0.3) is 0 Å². The first-order valence-corrected chi connectivity index (χ1v) is 11.9. The molecule has 0 spiro atoms. The second kappa shape index (κ2) is 12.7. The Morgan fingerprint density at radius 2 is 1.89 bits per heavy atom. The number of nitrogens with two attached hydrogens (primary N) is 1. The molecule has 1 atom stereocenters. The van der Waals surface area contributed by atoms with Gasteiger partial charge >= 0.3 is 5.97 Å². The van der Waals surface area contributed by atoms with E-state index in [1.807, 2.05) is 49.4 Å². The minimum atomic E-state index is -0.896. The molecule has 1 heterocycles. The lowest BCUT2D eigenvalue weighted by atomic mass is 10.00. The molecule has 8 nitrogen and oxygen atoms in total. The zero-order valence-electron chi connectivity index (χ0n) is 20.3. The Labute approximate surface area is 206 Å². The maximum Gasteiger partial charge on any atom is 0.307 e. The molecule has 1 aromatic heterocycles. The minimum absolute atomic E-state index is 0.0594. The van der Waals surface area contributed by atoms with Crippen LogP contribution in [0.3, 0.4) is 0 Å².